The first kappa shape index (κ1) is 24.7. The molecule has 0 aromatic heterocycles. The normalized spacial score (nSPS) is 21.7. The molecule has 1 atom stereocenters. The van der Waals surface area contributed by atoms with Gasteiger partial charge in [-0.3, -0.25) is 14.6 Å². The molecule has 0 bridgehead atoms. The van der Waals surface area contributed by atoms with Crippen molar-refractivity contribution in [3.63, 3.8) is 0 Å². The van der Waals surface area contributed by atoms with Gasteiger partial charge in [0.05, 0.1) is 32.5 Å². The average molecular weight is 412 g/mol. The number of carbonyl (C=O) groups excluding carboxylic acids is 1. The van der Waals surface area contributed by atoms with Gasteiger partial charge in [0.1, 0.15) is 5.78 Å². The molecular weight excluding hydrogens is 366 g/mol. The largest absolute Gasteiger partial charge is 0.378 e. The quantitative estimate of drug-likeness (QED) is 0.434. The summed E-state index contributed by atoms with van der Waals surface area (Å²) in [5, 5.41) is 0. The molecule has 2 fully saturated rings. The molecule has 170 valence electrons. The van der Waals surface area contributed by atoms with Gasteiger partial charge in [-0.2, -0.15) is 0 Å². The molecule has 29 heavy (non-hydrogen) atoms. The van der Waals surface area contributed by atoms with Gasteiger partial charge >= 0.3 is 0 Å². The fraction of sp³-hybridized carbons (Fsp3) is 0.957. The van der Waals surface area contributed by atoms with Gasteiger partial charge in [-0.15, -0.1) is 0 Å². The number of Topliss-reactive ketones (excluding diaryl/α,β-unsaturated/α-hetero) is 1. The summed E-state index contributed by atoms with van der Waals surface area (Å²) in [4.78, 5) is 19.4. The van der Waals surface area contributed by atoms with E-state index in [1.807, 2.05) is 13.8 Å². The van der Waals surface area contributed by atoms with Crippen molar-refractivity contribution in [2.45, 2.75) is 53.1 Å². The number of ether oxygens (including phenoxy) is 2. The highest BCUT2D eigenvalue weighted by Crippen LogP contribution is 2.19. The Bertz CT molecular complexity index is 445. The van der Waals surface area contributed by atoms with Crippen LogP contribution in [0.2, 0.25) is 0 Å². The van der Waals surface area contributed by atoms with Crippen LogP contribution in [0.4, 0.5) is 0 Å². The second-order valence-electron chi connectivity index (χ2n) is 9.18. The molecule has 0 amide bonds. The first-order valence-electron chi connectivity index (χ1n) is 11.9. The Hall–Kier alpha value is -0.530. The van der Waals surface area contributed by atoms with E-state index < -0.39 is 0 Å². The molecule has 6 heteroatoms. The molecule has 2 saturated heterocycles. The lowest BCUT2D eigenvalue weighted by atomic mass is 9.95. The van der Waals surface area contributed by atoms with Gasteiger partial charge in [0.15, 0.2) is 0 Å². The molecule has 2 heterocycles. The smallest absolute Gasteiger partial charge is 0.149 e. The van der Waals surface area contributed by atoms with Gasteiger partial charge in [-0.1, -0.05) is 20.8 Å². The summed E-state index contributed by atoms with van der Waals surface area (Å²) in [7, 11) is 0. The van der Waals surface area contributed by atoms with Crippen LogP contribution in [-0.2, 0) is 14.3 Å². The van der Waals surface area contributed by atoms with E-state index in [9.17, 15) is 4.79 Å². The van der Waals surface area contributed by atoms with E-state index >= 15 is 0 Å². The fourth-order valence-electron chi connectivity index (χ4n) is 4.01. The van der Waals surface area contributed by atoms with E-state index in [1.54, 1.807) is 0 Å². The average Bonchev–Trinajstić information content (AvgIpc) is 2.72. The maximum atomic E-state index is 11.9. The Morgan fingerprint density at radius 2 is 1.55 bits per heavy atom. The van der Waals surface area contributed by atoms with Crippen LogP contribution in [0.25, 0.3) is 0 Å². The summed E-state index contributed by atoms with van der Waals surface area (Å²) in [6, 6.07) is 0. The minimum absolute atomic E-state index is 0.160. The number of nitrogens with zero attached hydrogens (tertiary/aromatic N) is 3. The van der Waals surface area contributed by atoms with Crippen LogP contribution in [0, 0.1) is 11.8 Å². The van der Waals surface area contributed by atoms with Crippen molar-refractivity contribution in [1.82, 2.24) is 14.7 Å². The van der Waals surface area contributed by atoms with E-state index in [-0.39, 0.29) is 5.92 Å². The number of likely N-dealkylation sites (tertiary alicyclic amines) is 1. The predicted octanol–water partition coefficient (Wildman–Crippen LogP) is 2.37. The van der Waals surface area contributed by atoms with Crippen molar-refractivity contribution in [2.24, 2.45) is 11.8 Å². The molecule has 2 rings (SSSR count). The van der Waals surface area contributed by atoms with Crippen LogP contribution in [-0.4, -0.2) is 105 Å². The molecule has 0 aliphatic carbocycles. The third-order valence-corrected chi connectivity index (χ3v) is 6.47. The van der Waals surface area contributed by atoms with Gasteiger partial charge in [0.25, 0.3) is 0 Å². The number of carbonyl (C=O) groups is 1. The summed E-state index contributed by atoms with van der Waals surface area (Å²) < 4.78 is 11.4. The van der Waals surface area contributed by atoms with Crippen molar-refractivity contribution in [3.8, 4) is 0 Å². The van der Waals surface area contributed by atoms with Crippen LogP contribution >= 0.6 is 0 Å². The Morgan fingerprint density at radius 1 is 0.897 bits per heavy atom. The molecule has 0 spiro atoms. The summed E-state index contributed by atoms with van der Waals surface area (Å²) in [6.07, 6.45) is 3.86. The lowest BCUT2D eigenvalue weighted by Gasteiger charge is -2.38. The van der Waals surface area contributed by atoms with Gasteiger partial charge in [0.2, 0.25) is 0 Å². The third-order valence-electron chi connectivity index (χ3n) is 6.47. The van der Waals surface area contributed by atoms with Crippen LogP contribution in [0.15, 0.2) is 0 Å². The standard InChI is InChI=1S/C23H45N3O3/c1-5-21(4)29-17-16-28-15-14-24-10-12-26(13-11-24)18-22-6-8-25(9-7-22)19-23(27)20(2)3/h20-22H,5-19H2,1-4H3. The number of ketones is 1. The van der Waals surface area contributed by atoms with E-state index in [1.165, 1.54) is 32.5 Å². The Balaban J connectivity index is 1.49. The van der Waals surface area contributed by atoms with Crippen LogP contribution < -0.4 is 0 Å². The Labute approximate surface area is 178 Å². The molecule has 0 N–H and O–H groups in total. The highest BCUT2D eigenvalue weighted by atomic mass is 16.5. The number of piperazine rings is 1. The Morgan fingerprint density at radius 3 is 2.17 bits per heavy atom. The van der Waals surface area contributed by atoms with Crippen molar-refractivity contribution in [1.29, 1.82) is 0 Å². The Kier molecular flexibility index (Phi) is 11.7. The maximum Gasteiger partial charge on any atom is 0.149 e. The van der Waals surface area contributed by atoms with Crippen LogP contribution in [0.5, 0.6) is 0 Å². The fourth-order valence-corrected chi connectivity index (χ4v) is 4.01. The summed E-state index contributed by atoms with van der Waals surface area (Å²) in [5.74, 6) is 1.33. The molecular formula is C23H45N3O3. The molecule has 0 aromatic rings. The zero-order valence-corrected chi connectivity index (χ0v) is 19.4. The van der Waals surface area contributed by atoms with E-state index in [0.717, 1.165) is 51.7 Å². The van der Waals surface area contributed by atoms with Crippen molar-refractivity contribution >= 4 is 5.78 Å². The topological polar surface area (TPSA) is 45.3 Å². The zero-order valence-electron chi connectivity index (χ0n) is 19.4. The van der Waals surface area contributed by atoms with E-state index in [2.05, 4.69) is 28.5 Å². The number of rotatable bonds is 13. The molecule has 1 unspecified atom stereocenters. The van der Waals surface area contributed by atoms with Crippen LogP contribution in [0.1, 0.15) is 47.0 Å². The van der Waals surface area contributed by atoms with Crippen molar-refractivity contribution < 1.29 is 14.3 Å². The molecule has 0 aromatic carbocycles. The third kappa shape index (κ3) is 9.88. The van der Waals surface area contributed by atoms with Gasteiger partial charge in [-0.05, 0) is 45.2 Å². The molecule has 2 aliphatic heterocycles. The first-order valence-corrected chi connectivity index (χ1v) is 11.9. The lowest BCUT2D eigenvalue weighted by Crippen LogP contribution is -2.49. The molecule has 2 aliphatic rings. The molecule has 6 nitrogen and oxygen atoms in total. The number of piperidine rings is 1. The predicted molar refractivity (Wildman–Crippen MR) is 118 cm³/mol. The summed E-state index contributed by atoms with van der Waals surface area (Å²) in [6.45, 7) is 20.2. The highest BCUT2D eigenvalue weighted by Gasteiger charge is 2.25. The minimum atomic E-state index is 0.160. The van der Waals surface area contributed by atoms with Crippen molar-refractivity contribution in [3.05, 3.63) is 0 Å². The lowest BCUT2D eigenvalue weighted by molar-refractivity contribution is -0.123. The number of hydrogen-bond donors (Lipinski definition) is 0. The second kappa shape index (κ2) is 13.7. The van der Waals surface area contributed by atoms with Gasteiger partial charge < -0.3 is 14.4 Å². The van der Waals surface area contributed by atoms with E-state index in [4.69, 9.17) is 9.47 Å². The van der Waals surface area contributed by atoms with Gasteiger partial charge in [0, 0.05) is 45.2 Å². The van der Waals surface area contributed by atoms with Crippen LogP contribution in [0.3, 0.4) is 0 Å². The SMILES string of the molecule is CCC(C)OCCOCCN1CCN(CC2CCN(CC(=O)C(C)C)CC2)CC1. The highest BCUT2D eigenvalue weighted by molar-refractivity contribution is 5.82. The summed E-state index contributed by atoms with van der Waals surface area (Å²) >= 11 is 0. The second-order valence-corrected chi connectivity index (χ2v) is 9.18. The maximum absolute atomic E-state index is 11.9. The molecule has 0 radical (unpaired) electrons. The van der Waals surface area contributed by atoms with Crippen molar-refractivity contribution in [2.75, 3.05) is 78.7 Å². The number of hydrogen-bond acceptors (Lipinski definition) is 6. The minimum Gasteiger partial charge on any atom is -0.378 e. The first-order chi connectivity index (χ1) is 14.0. The van der Waals surface area contributed by atoms with E-state index in [0.29, 0.717) is 31.6 Å². The van der Waals surface area contributed by atoms with Gasteiger partial charge in [-0.25, -0.2) is 0 Å². The zero-order chi connectivity index (χ0) is 21.1. The molecule has 0 saturated carbocycles. The summed E-state index contributed by atoms with van der Waals surface area (Å²) in [5.41, 5.74) is 0. The monoisotopic (exact) mass is 411 g/mol.